The number of carboxylic acids is 1. The summed E-state index contributed by atoms with van der Waals surface area (Å²) in [6.07, 6.45) is 2.31. The number of nitrogens with zero attached hydrogens (tertiary/aromatic N) is 2. The van der Waals surface area contributed by atoms with Crippen LogP contribution in [0.25, 0.3) is 17.2 Å². The van der Waals surface area contributed by atoms with Crippen LogP contribution < -0.4 is 14.2 Å². The van der Waals surface area contributed by atoms with Crippen LogP contribution in [-0.4, -0.2) is 90.8 Å². The van der Waals surface area contributed by atoms with Gasteiger partial charge in [0.05, 0.1) is 47.4 Å². The number of ether oxygens (including phenoxy) is 4. The van der Waals surface area contributed by atoms with E-state index in [-0.39, 0.29) is 18.1 Å². The third-order valence-corrected chi connectivity index (χ3v) is 9.50. The van der Waals surface area contributed by atoms with Crippen molar-refractivity contribution in [1.82, 2.24) is 9.80 Å². The highest BCUT2D eigenvalue weighted by Crippen LogP contribution is 2.37. The number of carbonyl (C=O) groups is 2. The van der Waals surface area contributed by atoms with Gasteiger partial charge in [0.25, 0.3) is 5.91 Å². The fraction of sp³-hybridized carbons (Fsp3) is 0.303. The molecule has 0 saturated carbocycles. The number of halogens is 2. The van der Waals surface area contributed by atoms with Crippen molar-refractivity contribution in [1.29, 1.82) is 0 Å². The molecule has 46 heavy (non-hydrogen) atoms. The Hall–Kier alpha value is -3.32. The van der Waals surface area contributed by atoms with Gasteiger partial charge in [-0.25, -0.2) is 4.79 Å². The minimum Gasteiger partial charge on any atom is -0.493 e. The Balaban J connectivity index is 1.28. The number of aromatic carboxylic acids is 1. The van der Waals surface area contributed by atoms with E-state index in [1.54, 1.807) is 23.1 Å². The Morgan fingerprint density at radius 3 is 2.41 bits per heavy atom. The van der Waals surface area contributed by atoms with E-state index in [4.69, 9.17) is 54.4 Å². The highest BCUT2D eigenvalue weighted by Gasteiger charge is 2.32. The number of carbonyl (C=O) groups excluding carboxylic acids is 1. The molecule has 0 bridgehead atoms. The van der Waals surface area contributed by atoms with Gasteiger partial charge in [0, 0.05) is 31.7 Å². The van der Waals surface area contributed by atoms with E-state index >= 15 is 0 Å². The van der Waals surface area contributed by atoms with Gasteiger partial charge in [-0.3, -0.25) is 14.6 Å². The lowest BCUT2D eigenvalue weighted by atomic mass is 10.0. The standard InChI is InChI=1S/C33H32Cl2N2O7S2/c1-41-29-19-23(32(39)40)5-8-28(29)43-13-2-9-37-31(38)30(46-33(37)45)20-24-17-21(22-3-6-25(34)26(35)18-22)4-7-27(24)44-16-12-36-10-14-42-15-11-36/h3-8,17-20H,2,9-16H2,1H3,(H,39,40)/b30-20-. The van der Waals surface area contributed by atoms with E-state index in [9.17, 15) is 14.7 Å². The molecular formula is C33H32Cl2N2O7S2. The Labute approximate surface area is 286 Å². The van der Waals surface area contributed by atoms with E-state index < -0.39 is 5.97 Å². The first-order valence-corrected chi connectivity index (χ1v) is 16.5. The molecule has 2 fully saturated rings. The summed E-state index contributed by atoms with van der Waals surface area (Å²) in [6, 6.07) is 15.7. The number of morpholine rings is 1. The second-order valence-corrected chi connectivity index (χ2v) is 12.9. The second kappa shape index (κ2) is 16.0. The molecule has 3 aromatic rings. The molecule has 2 aliphatic heterocycles. The monoisotopic (exact) mass is 702 g/mol. The fourth-order valence-electron chi connectivity index (χ4n) is 4.92. The van der Waals surface area contributed by atoms with Crippen LogP contribution in [0.5, 0.6) is 17.2 Å². The number of methoxy groups -OCH3 is 1. The van der Waals surface area contributed by atoms with Gasteiger partial charge in [-0.2, -0.15) is 0 Å². The van der Waals surface area contributed by atoms with Gasteiger partial charge < -0.3 is 24.1 Å². The van der Waals surface area contributed by atoms with Crippen LogP contribution in [0.3, 0.4) is 0 Å². The normalized spacial score (nSPS) is 16.2. The number of rotatable bonds is 13. The molecule has 0 aromatic heterocycles. The molecule has 1 N–H and O–H groups in total. The Morgan fingerprint density at radius 1 is 0.957 bits per heavy atom. The Morgan fingerprint density at radius 2 is 1.67 bits per heavy atom. The van der Waals surface area contributed by atoms with Crippen molar-refractivity contribution >= 4 is 69.5 Å². The van der Waals surface area contributed by atoms with Crippen molar-refractivity contribution in [3.63, 3.8) is 0 Å². The minimum atomic E-state index is -1.06. The molecule has 2 saturated heterocycles. The summed E-state index contributed by atoms with van der Waals surface area (Å²) in [5.74, 6) is 0.136. The molecular weight excluding hydrogens is 671 g/mol. The average molecular weight is 704 g/mol. The summed E-state index contributed by atoms with van der Waals surface area (Å²) in [7, 11) is 1.45. The van der Waals surface area contributed by atoms with Gasteiger partial charge in [0.2, 0.25) is 0 Å². The number of benzene rings is 3. The smallest absolute Gasteiger partial charge is 0.335 e. The van der Waals surface area contributed by atoms with E-state index in [0.29, 0.717) is 69.3 Å². The molecule has 1 amide bonds. The minimum absolute atomic E-state index is 0.0988. The molecule has 0 unspecified atom stereocenters. The van der Waals surface area contributed by atoms with Crippen molar-refractivity contribution in [2.45, 2.75) is 6.42 Å². The van der Waals surface area contributed by atoms with Gasteiger partial charge >= 0.3 is 5.97 Å². The van der Waals surface area contributed by atoms with E-state index in [1.807, 2.05) is 30.3 Å². The molecule has 13 heteroatoms. The van der Waals surface area contributed by atoms with Gasteiger partial charge in [0.1, 0.15) is 16.7 Å². The van der Waals surface area contributed by atoms with Crippen molar-refractivity contribution in [3.05, 3.63) is 80.7 Å². The van der Waals surface area contributed by atoms with Crippen LogP contribution >= 0.6 is 47.2 Å². The maximum atomic E-state index is 13.5. The Kier molecular flexibility index (Phi) is 11.8. The quantitative estimate of drug-likeness (QED) is 0.117. The third-order valence-electron chi connectivity index (χ3n) is 7.39. The summed E-state index contributed by atoms with van der Waals surface area (Å²) >= 11 is 19.3. The van der Waals surface area contributed by atoms with Crippen molar-refractivity contribution < 1.29 is 33.6 Å². The predicted octanol–water partition coefficient (Wildman–Crippen LogP) is 6.75. The third kappa shape index (κ3) is 8.52. The first-order chi connectivity index (χ1) is 22.2. The van der Waals surface area contributed by atoms with Crippen LogP contribution in [0.1, 0.15) is 22.3 Å². The lowest BCUT2D eigenvalue weighted by molar-refractivity contribution is -0.122. The number of hydrogen-bond donors (Lipinski definition) is 1. The van der Waals surface area contributed by atoms with Gasteiger partial charge in [-0.05, 0) is 66.1 Å². The predicted molar refractivity (Wildman–Crippen MR) is 185 cm³/mol. The molecule has 0 spiro atoms. The van der Waals surface area contributed by atoms with Gasteiger partial charge in [-0.15, -0.1) is 0 Å². The fourth-order valence-corrected chi connectivity index (χ4v) is 6.51. The van der Waals surface area contributed by atoms with Crippen LogP contribution in [0.15, 0.2) is 59.5 Å². The largest absolute Gasteiger partial charge is 0.493 e. The van der Waals surface area contributed by atoms with Crippen LogP contribution in [0.2, 0.25) is 10.0 Å². The van der Waals surface area contributed by atoms with Crippen molar-refractivity contribution in [2.24, 2.45) is 0 Å². The van der Waals surface area contributed by atoms with Gasteiger partial charge in [-0.1, -0.05) is 59.3 Å². The highest BCUT2D eigenvalue weighted by molar-refractivity contribution is 8.26. The van der Waals surface area contributed by atoms with E-state index in [1.165, 1.54) is 31.0 Å². The molecule has 0 radical (unpaired) electrons. The maximum Gasteiger partial charge on any atom is 0.335 e. The number of thiocarbonyl (C=S) groups is 1. The molecule has 242 valence electrons. The lowest BCUT2D eigenvalue weighted by Crippen LogP contribution is -2.38. The molecule has 5 rings (SSSR count). The SMILES string of the molecule is COc1cc(C(=O)O)ccc1OCCCN1C(=O)/C(=C/c2cc(-c3ccc(Cl)c(Cl)c3)ccc2OCCN2CCOCC2)SC1=S. The number of hydrogen-bond acceptors (Lipinski definition) is 9. The topological polar surface area (TPSA) is 97.8 Å². The number of carboxylic acid groups (broad SMARTS) is 1. The van der Waals surface area contributed by atoms with Gasteiger partial charge in [0.15, 0.2) is 11.5 Å². The summed E-state index contributed by atoms with van der Waals surface area (Å²) in [5.41, 5.74) is 2.61. The molecule has 3 aromatic carbocycles. The van der Waals surface area contributed by atoms with E-state index in [2.05, 4.69) is 4.90 Å². The number of thioether (sulfide) groups is 1. The summed E-state index contributed by atoms with van der Waals surface area (Å²) in [6.45, 7) is 5.02. The molecule has 2 aliphatic rings. The zero-order valence-corrected chi connectivity index (χ0v) is 28.1. The number of amides is 1. The summed E-state index contributed by atoms with van der Waals surface area (Å²) in [4.78, 5) is 29.1. The maximum absolute atomic E-state index is 13.5. The molecule has 9 nitrogen and oxygen atoms in total. The zero-order chi connectivity index (χ0) is 32.6. The zero-order valence-electron chi connectivity index (χ0n) is 25.0. The second-order valence-electron chi connectivity index (χ2n) is 10.4. The average Bonchev–Trinajstić information content (AvgIpc) is 3.32. The van der Waals surface area contributed by atoms with E-state index in [0.717, 1.165) is 36.3 Å². The van der Waals surface area contributed by atoms with Crippen LogP contribution in [0, 0.1) is 0 Å². The molecule has 2 heterocycles. The molecule has 0 atom stereocenters. The van der Waals surface area contributed by atoms with Crippen LogP contribution in [0.4, 0.5) is 0 Å². The lowest BCUT2D eigenvalue weighted by Gasteiger charge is -2.26. The summed E-state index contributed by atoms with van der Waals surface area (Å²) < 4.78 is 23.2. The highest BCUT2D eigenvalue weighted by atomic mass is 35.5. The van der Waals surface area contributed by atoms with Crippen molar-refractivity contribution in [2.75, 3.05) is 59.7 Å². The first kappa shape index (κ1) is 34.0. The summed E-state index contributed by atoms with van der Waals surface area (Å²) in [5, 5.41) is 10.1. The Bertz CT molecular complexity index is 1650. The van der Waals surface area contributed by atoms with Crippen LogP contribution in [-0.2, 0) is 9.53 Å². The first-order valence-electron chi connectivity index (χ1n) is 14.6. The molecule has 0 aliphatic carbocycles. The van der Waals surface area contributed by atoms with Crippen molar-refractivity contribution in [3.8, 4) is 28.4 Å².